The van der Waals surface area contributed by atoms with Crippen LogP contribution >= 0.6 is 0 Å². The fourth-order valence-electron chi connectivity index (χ4n) is 3.42. The Morgan fingerprint density at radius 3 is 2.17 bits per heavy atom. The molecule has 0 fully saturated rings. The van der Waals surface area contributed by atoms with Crippen molar-refractivity contribution in [3.05, 3.63) is 52.1 Å². The van der Waals surface area contributed by atoms with Crippen LogP contribution in [0.25, 0.3) is 11.1 Å². The predicted octanol–water partition coefficient (Wildman–Crippen LogP) is 3.96. The highest BCUT2D eigenvalue weighted by Crippen LogP contribution is 2.46. The Bertz CT molecular complexity index is 558. The summed E-state index contributed by atoms with van der Waals surface area (Å²) in [4.78, 5) is 0. The maximum absolute atomic E-state index is 5.96. The van der Waals surface area contributed by atoms with Crippen LogP contribution in [-0.4, -0.2) is 0 Å². The normalized spacial score (nSPS) is 15.0. The van der Waals surface area contributed by atoms with Gasteiger partial charge in [0.2, 0.25) is 0 Å². The molecule has 1 aliphatic heterocycles. The second-order valence-electron chi connectivity index (χ2n) is 5.54. The van der Waals surface area contributed by atoms with E-state index in [1.807, 2.05) is 0 Å². The van der Waals surface area contributed by atoms with E-state index in [1.165, 1.54) is 45.4 Å². The van der Waals surface area contributed by atoms with Gasteiger partial charge in [-0.25, -0.2) is 0 Å². The summed E-state index contributed by atoms with van der Waals surface area (Å²) >= 11 is 0. The van der Waals surface area contributed by atoms with E-state index in [9.17, 15) is 0 Å². The summed E-state index contributed by atoms with van der Waals surface area (Å²) in [5, 5.41) is 0. The minimum Gasteiger partial charge on any atom is -0.488 e. The first-order valence-electron chi connectivity index (χ1n) is 6.61. The first-order chi connectivity index (χ1) is 8.72. The zero-order valence-corrected chi connectivity index (χ0v) is 10.8. The van der Waals surface area contributed by atoms with Crippen LogP contribution < -0.4 is 4.74 Å². The van der Waals surface area contributed by atoms with Crippen molar-refractivity contribution in [1.29, 1.82) is 0 Å². The topological polar surface area (TPSA) is 9.23 Å². The summed E-state index contributed by atoms with van der Waals surface area (Å²) < 4.78 is 5.96. The van der Waals surface area contributed by atoms with Crippen molar-refractivity contribution in [2.75, 3.05) is 0 Å². The fourth-order valence-corrected chi connectivity index (χ4v) is 3.42. The highest BCUT2D eigenvalue weighted by Gasteiger charge is 2.26. The van der Waals surface area contributed by atoms with Crippen LogP contribution in [0.2, 0.25) is 0 Å². The summed E-state index contributed by atoms with van der Waals surface area (Å²) in [6.45, 7) is 5.05. The third-order valence-corrected chi connectivity index (χ3v) is 4.07. The van der Waals surface area contributed by atoms with E-state index in [2.05, 4.69) is 38.1 Å². The van der Waals surface area contributed by atoms with Crippen molar-refractivity contribution in [3.8, 4) is 16.9 Å². The van der Waals surface area contributed by atoms with Gasteiger partial charge in [-0.3, -0.25) is 0 Å². The Hall–Kier alpha value is -1.76. The number of rotatable bonds is 0. The quantitative estimate of drug-likeness (QED) is 0.672. The van der Waals surface area contributed by atoms with Crippen LogP contribution in [0.5, 0.6) is 5.75 Å². The molecule has 1 nitrogen and oxygen atoms in total. The Morgan fingerprint density at radius 2 is 1.39 bits per heavy atom. The zero-order chi connectivity index (χ0) is 12.3. The molecule has 1 heterocycles. The lowest BCUT2D eigenvalue weighted by atomic mass is 9.80. The molecule has 0 unspecified atom stereocenters. The van der Waals surface area contributed by atoms with Gasteiger partial charge in [-0.1, -0.05) is 23.8 Å². The molecule has 0 aromatic heterocycles. The fraction of sp³-hybridized carbons (Fsp3) is 0.294. The van der Waals surface area contributed by atoms with E-state index in [-0.39, 0.29) is 0 Å². The molecule has 0 bridgehead atoms. The van der Waals surface area contributed by atoms with Crippen LogP contribution in [0.1, 0.15) is 27.8 Å². The maximum Gasteiger partial charge on any atom is 0.128 e. The molecule has 0 atom stereocenters. The first-order valence-corrected chi connectivity index (χ1v) is 6.61. The molecular formula is C17H16O. The van der Waals surface area contributed by atoms with Gasteiger partial charge in [-0.2, -0.15) is 0 Å². The Balaban J connectivity index is 2.10. The minimum atomic E-state index is 0.722. The van der Waals surface area contributed by atoms with Gasteiger partial charge in [-0.05, 0) is 60.6 Å². The van der Waals surface area contributed by atoms with Crippen LogP contribution in [0, 0.1) is 13.8 Å². The summed E-state index contributed by atoms with van der Waals surface area (Å²) in [5.74, 6) is 1.09. The molecule has 0 radical (unpaired) electrons. The van der Waals surface area contributed by atoms with Gasteiger partial charge in [0, 0.05) is 5.56 Å². The Labute approximate surface area is 107 Å². The second-order valence-corrected chi connectivity index (χ2v) is 5.54. The van der Waals surface area contributed by atoms with Crippen molar-refractivity contribution in [1.82, 2.24) is 0 Å². The lowest BCUT2D eigenvalue weighted by Gasteiger charge is -2.30. The van der Waals surface area contributed by atoms with Gasteiger partial charge >= 0.3 is 0 Å². The third-order valence-electron chi connectivity index (χ3n) is 4.07. The first kappa shape index (κ1) is 10.2. The average Bonchev–Trinajstić information content (AvgIpc) is 2.34. The van der Waals surface area contributed by atoms with Gasteiger partial charge < -0.3 is 4.74 Å². The van der Waals surface area contributed by atoms with E-state index in [1.54, 1.807) is 0 Å². The van der Waals surface area contributed by atoms with Crippen LogP contribution in [0.3, 0.4) is 0 Å². The average molecular weight is 236 g/mol. The molecule has 0 saturated carbocycles. The van der Waals surface area contributed by atoms with Crippen molar-refractivity contribution in [2.24, 2.45) is 0 Å². The van der Waals surface area contributed by atoms with E-state index >= 15 is 0 Å². The molecule has 2 aromatic rings. The van der Waals surface area contributed by atoms with Crippen molar-refractivity contribution in [3.63, 3.8) is 0 Å². The summed E-state index contributed by atoms with van der Waals surface area (Å²) in [6.07, 6.45) is 2.31. The Kier molecular flexibility index (Phi) is 1.91. The monoisotopic (exact) mass is 236 g/mol. The molecule has 0 spiro atoms. The van der Waals surface area contributed by atoms with Crippen LogP contribution in [-0.2, 0) is 19.4 Å². The molecule has 90 valence electrons. The second kappa shape index (κ2) is 3.38. The maximum atomic E-state index is 5.96. The van der Waals surface area contributed by atoms with Crippen molar-refractivity contribution < 1.29 is 4.74 Å². The molecule has 4 rings (SSSR count). The van der Waals surface area contributed by atoms with E-state index in [0.29, 0.717) is 0 Å². The summed E-state index contributed by atoms with van der Waals surface area (Å²) in [7, 11) is 0. The SMILES string of the molecule is Cc1cc2c3c(c1)COc1cc(C)cc(c1-3)CC2. The van der Waals surface area contributed by atoms with Crippen molar-refractivity contribution >= 4 is 0 Å². The van der Waals surface area contributed by atoms with Gasteiger partial charge in [-0.15, -0.1) is 0 Å². The predicted molar refractivity (Wildman–Crippen MR) is 73.1 cm³/mol. The van der Waals surface area contributed by atoms with Gasteiger partial charge in [0.15, 0.2) is 0 Å². The standard InChI is InChI=1S/C17H16O/c1-10-5-12-3-4-13-6-11(2)8-15-17(13)16(12)14(7-10)9-18-15/h5-8H,3-4,9H2,1-2H3. The number of benzene rings is 2. The van der Waals surface area contributed by atoms with E-state index in [0.717, 1.165) is 18.8 Å². The van der Waals surface area contributed by atoms with Crippen molar-refractivity contribution in [2.45, 2.75) is 33.3 Å². The lowest BCUT2D eigenvalue weighted by Crippen LogP contribution is -2.14. The molecule has 0 saturated heterocycles. The van der Waals surface area contributed by atoms with Gasteiger partial charge in [0.25, 0.3) is 0 Å². The number of ether oxygens (including phenoxy) is 1. The molecule has 0 amide bonds. The smallest absolute Gasteiger partial charge is 0.128 e. The molecule has 2 aliphatic rings. The van der Waals surface area contributed by atoms with Gasteiger partial charge in [0.1, 0.15) is 12.4 Å². The minimum absolute atomic E-state index is 0.722. The number of hydrogen-bond donors (Lipinski definition) is 0. The third kappa shape index (κ3) is 1.28. The van der Waals surface area contributed by atoms with Gasteiger partial charge in [0.05, 0.1) is 0 Å². The van der Waals surface area contributed by atoms with E-state index in [4.69, 9.17) is 4.74 Å². The Morgan fingerprint density at radius 1 is 0.778 bits per heavy atom. The van der Waals surface area contributed by atoms with Crippen LogP contribution in [0.4, 0.5) is 0 Å². The molecule has 0 N–H and O–H groups in total. The molecule has 1 heteroatoms. The number of aryl methyl sites for hydroxylation is 4. The largest absolute Gasteiger partial charge is 0.488 e. The lowest BCUT2D eigenvalue weighted by molar-refractivity contribution is 0.301. The number of hydrogen-bond acceptors (Lipinski definition) is 1. The van der Waals surface area contributed by atoms with Crippen LogP contribution in [0.15, 0.2) is 24.3 Å². The highest BCUT2D eigenvalue weighted by molar-refractivity contribution is 5.83. The molecule has 2 aromatic carbocycles. The summed E-state index contributed by atoms with van der Waals surface area (Å²) in [5.41, 5.74) is 9.82. The molecule has 18 heavy (non-hydrogen) atoms. The highest BCUT2D eigenvalue weighted by atomic mass is 16.5. The summed E-state index contributed by atoms with van der Waals surface area (Å²) in [6, 6.07) is 9.12. The van der Waals surface area contributed by atoms with E-state index < -0.39 is 0 Å². The molecule has 1 aliphatic carbocycles. The molecular weight excluding hydrogens is 220 g/mol. The zero-order valence-electron chi connectivity index (χ0n) is 10.8.